The Morgan fingerprint density at radius 1 is 1.12 bits per heavy atom. The molecule has 25 heavy (non-hydrogen) atoms. The van der Waals surface area contributed by atoms with Crippen LogP contribution < -0.4 is 16.6 Å². The Bertz CT molecular complexity index is 1020. The molecule has 2 aromatic carbocycles. The summed E-state index contributed by atoms with van der Waals surface area (Å²) in [6.07, 6.45) is 5.43. The van der Waals surface area contributed by atoms with Crippen LogP contribution in [0.2, 0.25) is 5.02 Å². The second-order valence-electron chi connectivity index (χ2n) is 4.90. The molecule has 0 fully saturated rings. The van der Waals surface area contributed by atoms with Gasteiger partial charge in [0.25, 0.3) is 5.91 Å². The first kappa shape index (κ1) is 18.5. The molecule has 128 valence electrons. The summed E-state index contributed by atoms with van der Waals surface area (Å²) < 4.78 is 24.3. The molecule has 7 nitrogen and oxygen atoms in total. The topological polar surface area (TPSA) is 142 Å². The second kappa shape index (κ2) is 6.94. The summed E-state index contributed by atoms with van der Waals surface area (Å²) in [6.45, 7) is 0. The monoisotopic (exact) mass is 376 g/mol. The Morgan fingerprint density at radius 3 is 2.20 bits per heavy atom. The molecule has 0 radical (unpaired) electrons. The molecule has 0 heterocycles. The van der Waals surface area contributed by atoms with Gasteiger partial charge in [0.15, 0.2) is 5.96 Å². The predicted octanol–water partition coefficient (Wildman–Crippen LogP) is 1.05. The molecule has 2 aromatic rings. The average Bonchev–Trinajstić information content (AvgIpc) is 2.52. The van der Waals surface area contributed by atoms with E-state index in [9.17, 15) is 13.2 Å². The van der Waals surface area contributed by atoms with Gasteiger partial charge in [-0.05, 0) is 23.8 Å². The number of primary sulfonamides is 1. The fraction of sp³-hybridized carbons (Fsp3) is 0. The van der Waals surface area contributed by atoms with Crippen LogP contribution in [0, 0.1) is 12.3 Å². The molecule has 0 unspecified atom stereocenters. The Balaban J connectivity index is 2.85. The Labute approximate surface area is 149 Å². The van der Waals surface area contributed by atoms with Crippen LogP contribution in [0.15, 0.2) is 46.3 Å². The van der Waals surface area contributed by atoms with Crippen molar-refractivity contribution in [1.82, 2.24) is 0 Å². The number of carbonyl (C=O) groups is 1. The van der Waals surface area contributed by atoms with Gasteiger partial charge in [0, 0.05) is 10.6 Å². The highest BCUT2D eigenvalue weighted by atomic mass is 35.5. The van der Waals surface area contributed by atoms with Crippen molar-refractivity contribution < 1.29 is 13.2 Å². The summed E-state index contributed by atoms with van der Waals surface area (Å²) in [4.78, 5) is 15.1. The number of amides is 1. The standard InChI is InChI=1S/C16H13ClN4O3S/c1-2-11-13(15(22)21-16(18)19)8-7-12(14(11)25(20,23)24)9-3-5-10(17)6-4-9/h1,3-8H,(H2,20,23,24)(H4,18,19,21,22). The van der Waals surface area contributed by atoms with Gasteiger partial charge in [0.05, 0.1) is 11.1 Å². The molecule has 1 amide bonds. The van der Waals surface area contributed by atoms with Crippen LogP contribution in [0.4, 0.5) is 0 Å². The van der Waals surface area contributed by atoms with Gasteiger partial charge in [0.2, 0.25) is 10.0 Å². The normalized spacial score (nSPS) is 10.8. The number of nitrogens with zero attached hydrogens (tertiary/aromatic N) is 1. The minimum Gasteiger partial charge on any atom is -0.370 e. The number of terminal acetylenes is 1. The molecule has 9 heteroatoms. The number of aliphatic imine (C=N–C) groups is 1. The first-order valence-corrected chi connectivity index (χ1v) is 8.64. The zero-order valence-corrected chi connectivity index (χ0v) is 14.3. The van der Waals surface area contributed by atoms with Crippen LogP contribution in [0.25, 0.3) is 11.1 Å². The minimum absolute atomic E-state index is 0.155. The Morgan fingerprint density at radius 2 is 1.72 bits per heavy atom. The van der Waals surface area contributed by atoms with Crippen molar-refractivity contribution >= 4 is 33.5 Å². The lowest BCUT2D eigenvalue weighted by Gasteiger charge is -2.13. The number of rotatable bonds is 3. The van der Waals surface area contributed by atoms with Crippen molar-refractivity contribution in [3.05, 3.63) is 52.5 Å². The highest BCUT2D eigenvalue weighted by Gasteiger charge is 2.24. The van der Waals surface area contributed by atoms with E-state index < -0.39 is 21.9 Å². The number of halogens is 1. The maximum Gasteiger partial charge on any atom is 0.281 e. The first-order valence-electron chi connectivity index (χ1n) is 6.71. The lowest BCUT2D eigenvalue weighted by molar-refractivity contribution is 0.100. The molecule has 0 bridgehead atoms. The Kier molecular flexibility index (Phi) is 5.13. The zero-order chi connectivity index (χ0) is 18.8. The molecular formula is C16H13ClN4O3S. The lowest BCUT2D eigenvalue weighted by Crippen LogP contribution is -2.24. The van der Waals surface area contributed by atoms with Crippen molar-refractivity contribution in [2.24, 2.45) is 21.6 Å². The highest BCUT2D eigenvalue weighted by molar-refractivity contribution is 7.89. The molecule has 2 rings (SSSR count). The molecule has 0 aliphatic carbocycles. The van der Waals surface area contributed by atoms with E-state index in [1.165, 1.54) is 12.1 Å². The summed E-state index contributed by atoms with van der Waals surface area (Å²) in [5.41, 5.74) is 10.7. The van der Waals surface area contributed by atoms with Gasteiger partial charge >= 0.3 is 0 Å². The Hall–Kier alpha value is -2.86. The van der Waals surface area contributed by atoms with Crippen LogP contribution in [-0.4, -0.2) is 20.3 Å². The number of carbonyl (C=O) groups excluding carboxylic acids is 1. The first-order chi connectivity index (χ1) is 11.6. The van der Waals surface area contributed by atoms with E-state index in [0.29, 0.717) is 10.6 Å². The largest absolute Gasteiger partial charge is 0.370 e. The fourth-order valence-corrected chi connectivity index (χ4v) is 3.31. The van der Waals surface area contributed by atoms with Gasteiger partial charge in [-0.3, -0.25) is 4.79 Å². The van der Waals surface area contributed by atoms with Crippen molar-refractivity contribution in [1.29, 1.82) is 0 Å². The zero-order valence-electron chi connectivity index (χ0n) is 12.7. The van der Waals surface area contributed by atoms with Gasteiger partial charge in [-0.2, -0.15) is 4.99 Å². The van der Waals surface area contributed by atoms with Crippen LogP contribution >= 0.6 is 11.6 Å². The SMILES string of the molecule is C#Cc1c(C(=O)N=C(N)N)ccc(-c2ccc(Cl)cc2)c1S(N)(=O)=O. The van der Waals surface area contributed by atoms with E-state index >= 15 is 0 Å². The average molecular weight is 377 g/mol. The number of guanidine groups is 1. The lowest BCUT2D eigenvalue weighted by atomic mass is 9.98. The summed E-state index contributed by atoms with van der Waals surface area (Å²) >= 11 is 5.84. The van der Waals surface area contributed by atoms with Crippen molar-refractivity contribution in [3.63, 3.8) is 0 Å². The van der Waals surface area contributed by atoms with E-state index in [0.717, 1.165) is 0 Å². The number of hydrogen-bond donors (Lipinski definition) is 3. The van der Waals surface area contributed by atoms with Gasteiger partial charge in [-0.1, -0.05) is 35.7 Å². The maximum atomic E-state index is 12.1. The highest BCUT2D eigenvalue weighted by Crippen LogP contribution is 2.32. The number of nitrogens with two attached hydrogens (primary N) is 3. The fourth-order valence-electron chi connectivity index (χ4n) is 2.23. The summed E-state index contributed by atoms with van der Waals surface area (Å²) in [7, 11) is -4.26. The van der Waals surface area contributed by atoms with Gasteiger partial charge in [-0.25, -0.2) is 13.6 Å². The van der Waals surface area contributed by atoms with Crippen molar-refractivity contribution in [2.75, 3.05) is 0 Å². The molecule has 0 saturated carbocycles. The quantitative estimate of drug-likeness (QED) is 0.417. The van der Waals surface area contributed by atoms with Gasteiger partial charge in [-0.15, -0.1) is 6.42 Å². The summed E-state index contributed by atoms with van der Waals surface area (Å²) in [5.74, 6) is 0.835. The number of sulfonamides is 1. The molecule has 0 aliphatic rings. The van der Waals surface area contributed by atoms with Crippen LogP contribution in [0.3, 0.4) is 0 Å². The second-order valence-corrected chi connectivity index (χ2v) is 6.84. The third-order valence-corrected chi connectivity index (χ3v) is 4.45. The molecule has 0 saturated heterocycles. The van der Waals surface area contributed by atoms with E-state index in [2.05, 4.69) is 10.9 Å². The van der Waals surface area contributed by atoms with Crippen molar-refractivity contribution in [3.8, 4) is 23.5 Å². The van der Waals surface area contributed by atoms with E-state index in [1.807, 2.05) is 0 Å². The molecule has 0 atom stereocenters. The third kappa shape index (κ3) is 3.97. The van der Waals surface area contributed by atoms with E-state index in [-0.39, 0.29) is 21.6 Å². The third-order valence-electron chi connectivity index (χ3n) is 3.20. The van der Waals surface area contributed by atoms with Gasteiger partial charge in [0.1, 0.15) is 4.90 Å². The van der Waals surface area contributed by atoms with Crippen LogP contribution in [0.5, 0.6) is 0 Å². The van der Waals surface area contributed by atoms with Crippen molar-refractivity contribution in [2.45, 2.75) is 4.90 Å². The molecule has 0 aliphatic heterocycles. The maximum absolute atomic E-state index is 12.1. The minimum atomic E-state index is -4.26. The van der Waals surface area contributed by atoms with E-state index in [4.69, 9.17) is 34.6 Å². The summed E-state index contributed by atoms with van der Waals surface area (Å²) in [6, 6.07) is 9.10. The molecule has 0 spiro atoms. The predicted molar refractivity (Wildman–Crippen MR) is 96.3 cm³/mol. The van der Waals surface area contributed by atoms with Crippen LogP contribution in [-0.2, 0) is 10.0 Å². The molecular weight excluding hydrogens is 364 g/mol. The number of benzene rings is 2. The summed E-state index contributed by atoms with van der Waals surface area (Å²) in [5, 5.41) is 5.80. The molecule has 6 N–H and O–H groups in total. The number of hydrogen-bond acceptors (Lipinski definition) is 3. The smallest absolute Gasteiger partial charge is 0.281 e. The van der Waals surface area contributed by atoms with Gasteiger partial charge < -0.3 is 11.5 Å². The van der Waals surface area contributed by atoms with E-state index in [1.54, 1.807) is 24.3 Å². The van der Waals surface area contributed by atoms with Crippen LogP contribution in [0.1, 0.15) is 15.9 Å². The molecule has 0 aromatic heterocycles.